The molecule has 0 bridgehead atoms. The van der Waals surface area contributed by atoms with Crippen molar-refractivity contribution in [2.75, 3.05) is 14.1 Å². The number of hydrogen-bond acceptors (Lipinski definition) is 2. The fourth-order valence-corrected chi connectivity index (χ4v) is 2.60. The summed E-state index contributed by atoms with van der Waals surface area (Å²) in [5, 5.41) is 4.02. The molecule has 2 rings (SSSR count). The Bertz CT molecular complexity index is 566. The third-order valence-corrected chi connectivity index (χ3v) is 4.17. The van der Waals surface area contributed by atoms with Gasteiger partial charge in [-0.3, -0.25) is 4.90 Å². The van der Waals surface area contributed by atoms with Crippen LogP contribution >= 0.6 is 11.6 Å². The van der Waals surface area contributed by atoms with Gasteiger partial charge in [0.2, 0.25) is 0 Å². The van der Waals surface area contributed by atoms with Crippen LogP contribution in [-0.4, -0.2) is 19.0 Å². The van der Waals surface area contributed by atoms with Crippen molar-refractivity contribution in [1.29, 1.82) is 0 Å². The molecule has 21 heavy (non-hydrogen) atoms. The van der Waals surface area contributed by atoms with Crippen LogP contribution in [0.4, 0.5) is 0 Å². The van der Waals surface area contributed by atoms with E-state index in [-0.39, 0.29) is 0 Å². The van der Waals surface area contributed by atoms with Crippen molar-refractivity contribution in [1.82, 2.24) is 10.2 Å². The maximum Gasteiger partial charge on any atom is 0.0406 e. The van der Waals surface area contributed by atoms with Crippen LogP contribution in [0.25, 0.3) is 0 Å². The fraction of sp³-hybridized carbons (Fsp3) is 0.333. The maximum atomic E-state index is 5.96. The highest BCUT2D eigenvalue weighted by Gasteiger charge is 2.13. The predicted molar refractivity (Wildman–Crippen MR) is 90.5 cm³/mol. The molecule has 0 radical (unpaired) electrons. The van der Waals surface area contributed by atoms with Crippen molar-refractivity contribution in [2.24, 2.45) is 0 Å². The van der Waals surface area contributed by atoms with Gasteiger partial charge in [-0.25, -0.2) is 0 Å². The molecule has 2 aromatic carbocycles. The third kappa shape index (κ3) is 4.31. The van der Waals surface area contributed by atoms with E-state index in [0.29, 0.717) is 6.04 Å². The molecule has 0 saturated heterocycles. The Morgan fingerprint density at radius 3 is 2.29 bits per heavy atom. The van der Waals surface area contributed by atoms with Gasteiger partial charge in [-0.2, -0.15) is 0 Å². The molecular formula is C18H23ClN2. The molecule has 0 aliphatic rings. The molecule has 0 spiro atoms. The second-order valence-corrected chi connectivity index (χ2v) is 5.88. The first-order chi connectivity index (χ1) is 10.1. The van der Waals surface area contributed by atoms with Crippen molar-refractivity contribution in [3.63, 3.8) is 0 Å². The summed E-state index contributed by atoms with van der Waals surface area (Å²) < 4.78 is 0. The van der Waals surface area contributed by atoms with Gasteiger partial charge in [-0.05, 0) is 49.8 Å². The van der Waals surface area contributed by atoms with Crippen LogP contribution in [0, 0.1) is 0 Å². The van der Waals surface area contributed by atoms with Crippen LogP contribution in [0.2, 0.25) is 5.02 Å². The summed E-state index contributed by atoms with van der Waals surface area (Å²) in [6, 6.07) is 17.1. The molecule has 0 aliphatic carbocycles. The van der Waals surface area contributed by atoms with Crippen LogP contribution < -0.4 is 5.32 Å². The predicted octanol–water partition coefficient (Wildman–Crippen LogP) is 4.25. The lowest BCUT2D eigenvalue weighted by atomic mass is 10.0. The fourth-order valence-electron chi connectivity index (χ4n) is 2.48. The summed E-state index contributed by atoms with van der Waals surface area (Å²) in [5.41, 5.74) is 4.01. The van der Waals surface area contributed by atoms with Gasteiger partial charge in [0.05, 0.1) is 0 Å². The normalized spacial score (nSPS) is 12.6. The molecule has 2 aromatic rings. The molecule has 112 valence electrons. The zero-order chi connectivity index (χ0) is 15.2. The second kappa shape index (κ2) is 7.60. The first-order valence-electron chi connectivity index (χ1n) is 7.29. The van der Waals surface area contributed by atoms with Gasteiger partial charge in [-0.1, -0.05) is 48.0 Å². The summed E-state index contributed by atoms with van der Waals surface area (Å²) in [7, 11) is 4.15. The second-order valence-electron chi connectivity index (χ2n) is 5.44. The Hall–Kier alpha value is -1.35. The molecule has 0 saturated carbocycles. The number of rotatable bonds is 6. The van der Waals surface area contributed by atoms with Gasteiger partial charge in [-0.15, -0.1) is 0 Å². The lowest BCUT2D eigenvalue weighted by Crippen LogP contribution is -2.23. The van der Waals surface area contributed by atoms with Gasteiger partial charge < -0.3 is 5.32 Å². The molecule has 1 unspecified atom stereocenters. The first-order valence-corrected chi connectivity index (χ1v) is 7.66. The highest BCUT2D eigenvalue weighted by Crippen LogP contribution is 2.23. The topological polar surface area (TPSA) is 15.3 Å². The van der Waals surface area contributed by atoms with E-state index in [1.165, 1.54) is 16.7 Å². The van der Waals surface area contributed by atoms with Crippen LogP contribution in [0.3, 0.4) is 0 Å². The van der Waals surface area contributed by atoms with Crippen molar-refractivity contribution >= 4 is 11.6 Å². The standard InChI is InChI=1S/C18H23ClN2/c1-14(15-8-10-18(19)11-9-15)21(3)13-17-7-5-4-6-16(17)12-20-2/h4-11,14,20H,12-13H2,1-3H3. The van der Waals surface area contributed by atoms with E-state index < -0.39 is 0 Å². The van der Waals surface area contributed by atoms with Crippen LogP contribution in [0.5, 0.6) is 0 Å². The highest BCUT2D eigenvalue weighted by atomic mass is 35.5. The minimum atomic E-state index is 0.352. The Morgan fingerprint density at radius 2 is 1.67 bits per heavy atom. The van der Waals surface area contributed by atoms with Crippen molar-refractivity contribution in [3.8, 4) is 0 Å². The number of nitrogens with one attached hydrogen (secondary N) is 1. The molecule has 3 heteroatoms. The van der Waals surface area contributed by atoms with Gasteiger partial charge in [0.15, 0.2) is 0 Å². The van der Waals surface area contributed by atoms with E-state index in [4.69, 9.17) is 11.6 Å². The number of benzene rings is 2. The molecule has 1 atom stereocenters. The zero-order valence-corrected chi connectivity index (χ0v) is 13.7. The summed E-state index contributed by atoms with van der Waals surface area (Å²) in [5.74, 6) is 0. The molecule has 1 N–H and O–H groups in total. The molecule has 0 aliphatic heterocycles. The lowest BCUT2D eigenvalue weighted by Gasteiger charge is -2.26. The van der Waals surface area contributed by atoms with Crippen molar-refractivity contribution < 1.29 is 0 Å². The Kier molecular flexibility index (Phi) is 5.80. The largest absolute Gasteiger partial charge is 0.316 e. The monoisotopic (exact) mass is 302 g/mol. The highest BCUT2D eigenvalue weighted by molar-refractivity contribution is 6.30. The van der Waals surface area contributed by atoms with Crippen LogP contribution in [0.1, 0.15) is 29.7 Å². The maximum absolute atomic E-state index is 5.96. The average Bonchev–Trinajstić information content (AvgIpc) is 2.49. The smallest absolute Gasteiger partial charge is 0.0406 e. The molecule has 0 fully saturated rings. The van der Waals surface area contributed by atoms with E-state index in [2.05, 4.69) is 60.6 Å². The van der Waals surface area contributed by atoms with Crippen LogP contribution in [-0.2, 0) is 13.1 Å². The van der Waals surface area contributed by atoms with Gasteiger partial charge in [0.25, 0.3) is 0 Å². The third-order valence-electron chi connectivity index (χ3n) is 3.92. The Labute approximate surface area is 132 Å². The van der Waals surface area contributed by atoms with E-state index in [1.54, 1.807) is 0 Å². The minimum Gasteiger partial charge on any atom is -0.316 e. The number of nitrogens with zero attached hydrogens (tertiary/aromatic N) is 1. The Balaban J connectivity index is 2.10. The zero-order valence-electron chi connectivity index (χ0n) is 12.9. The first kappa shape index (κ1) is 16.0. The summed E-state index contributed by atoms with van der Waals surface area (Å²) >= 11 is 5.96. The number of halogens is 1. The quantitative estimate of drug-likeness (QED) is 0.858. The SMILES string of the molecule is CNCc1ccccc1CN(C)C(C)c1ccc(Cl)cc1. The molecule has 0 aromatic heterocycles. The van der Waals surface area contributed by atoms with E-state index in [0.717, 1.165) is 18.1 Å². The summed E-state index contributed by atoms with van der Waals surface area (Å²) in [4.78, 5) is 2.36. The molecule has 2 nitrogen and oxygen atoms in total. The van der Waals surface area contributed by atoms with E-state index in [1.807, 2.05) is 19.2 Å². The molecular weight excluding hydrogens is 280 g/mol. The average molecular weight is 303 g/mol. The molecule has 0 heterocycles. The van der Waals surface area contributed by atoms with Gasteiger partial charge in [0.1, 0.15) is 0 Å². The van der Waals surface area contributed by atoms with Gasteiger partial charge in [0, 0.05) is 24.2 Å². The molecule has 0 amide bonds. The van der Waals surface area contributed by atoms with Crippen molar-refractivity contribution in [3.05, 3.63) is 70.2 Å². The summed E-state index contributed by atoms with van der Waals surface area (Å²) in [6.07, 6.45) is 0. The summed E-state index contributed by atoms with van der Waals surface area (Å²) in [6.45, 7) is 4.06. The minimum absolute atomic E-state index is 0.352. The lowest BCUT2D eigenvalue weighted by molar-refractivity contribution is 0.252. The van der Waals surface area contributed by atoms with Crippen molar-refractivity contribution in [2.45, 2.75) is 26.1 Å². The van der Waals surface area contributed by atoms with Gasteiger partial charge >= 0.3 is 0 Å². The van der Waals surface area contributed by atoms with E-state index >= 15 is 0 Å². The Morgan fingerprint density at radius 1 is 1.05 bits per heavy atom. The number of hydrogen-bond donors (Lipinski definition) is 1. The van der Waals surface area contributed by atoms with Crippen LogP contribution in [0.15, 0.2) is 48.5 Å². The van der Waals surface area contributed by atoms with E-state index in [9.17, 15) is 0 Å².